The first kappa shape index (κ1) is 7.27. The molecule has 2 N–H and O–H groups in total. The van der Waals surface area contributed by atoms with Crippen molar-refractivity contribution in [2.45, 2.75) is 6.23 Å². The summed E-state index contributed by atoms with van der Waals surface area (Å²) in [5.74, 6) is 0.760. The summed E-state index contributed by atoms with van der Waals surface area (Å²) >= 11 is 1.62. The molecule has 0 saturated carbocycles. The van der Waals surface area contributed by atoms with E-state index in [0.29, 0.717) is 0 Å². The Labute approximate surface area is 48.3 Å². The second kappa shape index (κ2) is 4.43. The summed E-state index contributed by atoms with van der Waals surface area (Å²) in [6.07, 6.45) is 1.62. The van der Waals surface area contributed by atoms with Crippen molar-refractivity contribution in [3.05, 3.63) is 0 Å². The van der Waals surface area contributed by atoms with Gasteiger partial charge >= 0.3 is 0 Å². The number of aliphatic hydroxyl groups is 1. The molecule has 1 atom stereocenters. The summed E-state index contributed by atoms with van der Waals surface area (Å²) in [7, 11) is 1.74. The van der Waals surface area contributed by atoms with E-state index >= 15 is 0 Å². The van der Waals surface area contributed by atoms with Crippen molar-refractivity contribution in [2.24, 2.45) is 0 Å². The molecule has 0 aliphatic heterocycles. The molecule has 0 amide bonds. The van der Waals surface area contributed by atoms with Crippen LogP contribution in [0.4, 0.5) is 0 Å². The third kappa shape index (κ3) is 4.12. The molecule has 0 aromatic rings. The van der Waals surface area contributed by atoms with Gasteiger partial charge in [-0.2, -0.15) is 11.8 Å². The highest BCUT2D eigenvalue weighted by molar-refractivity contribution is 7.98. The van der Waals surface area contributed by atoms with E-state index in [1.807, 2.05) is 6.26 Å². The molecule has 0 aliphatic rings. The predicted molar refractivity (Wildman–Crippen MR) is 33.4 cm³/mol. The lowest BCUT2D eigenvalue weighted by molar-refractivity contribution is 0.172. The minimum atomic E-state index is -0.338. The quantitative estimate of drug-likeness (QED) is 0.511. The van der Waals surface area contributed by atoms with E-state index in [-0.39, 0.29) is 6.23 Å². The van der Waals surface area contributed by atoms with Crippen LogP contribution in [-0.4, -0.2) is 30.4 Å². The molecule has 0 aliphatic carbocycles. The van der Waals surface area contributed by atoms with Crippen LogP contribution < -0.4 is 5.32 Å². The van der Waals surface area contributed by atoms with Crippen LogP contribution in [0, 0.1) is 0 Å². The Morgan fingerprint density at radius 2 is 2.43 bits per heavy atom. The summed E-state index contributed by atoms with van der Waals surface area (Å²) in [5, 5.41) is 11.4. The van der Waals surface area contributed by atoms with E-state index in [0.717, 1.165) is 5.75 Å². The van der Waals surface area contributed by atoms with Crippen LogP contribution in [0.3, 0.4) is 0 Å². The number of hydrogen-bond donors (Lipinski definition) is 2. The van der Waals surface area contributed by atoms with Crippen LogP contribution in [0.25, 0.3) is 0 Å². The van der Waals surface area contributed by atoms with Crippen LogP contribution in [-0.2, 0) is 0 Å². The van der Waals surface area contributed by atoms with Crippen molar-refractivity contribution in [1.82, 2.24) is 5.32 Å². The van der Waals surface area contributed by atoms with Gasteiger partial charge in [0, 0.05) is 5.75 Å². The Hall–Kier alpha value is 0.270. The van der Waals surface area contributed by atoms with Gasteiger partial charge in [-0.1, -0.05) is 0 Å². The molecular formula is C4H11NOS. The third-order valence-corrected chi connectivity index (χ3v) is 1.31. The predicted octanol–water partition coefficient (Wildman–Crippen LogP) is -0.113. The first-order chi connectivity index (χ1) is 3.31. The van der Waals surface area contributed by atoms with Gasteiger partial charge in [0.05, 0.1) is 0 Å². The minimum absolute atomic E-state index is 0.338. The number of rotatable bonds is 3. The summed E-state index contributed by atoms with van der Waals surface area (Å²) in [6.45, 7) is 0. The van der Waals surface area contributed by atoms with Gasteiger partial charge in [-0.05, 0) is 13.3 Å². The van der Waals surface area contributed by atoms with Gasteiger partial charge in [0.2, 0.25) is 0 Å². The van der Waals surface area contributed by atoms with Crippen molar-refractivity contribution < 1.29 is 5.11 Å². The van der Waals surface area contributed by atoms with Gasteiger partial charge in [0.25, 0.3) is 0 Å². The topological polar surface area (TPSA) is 32.3 Å². The first-order valence-corrected chi connectivity index (χ1v) is 3.55. The van der Waals surface area contributed by atoms with Crippen molar-refractivity contribution in [3.8, 4) is 0 Å². The fourth-order valence-corrected chi connectivity index (χ4v) is 0.724. The molecule has 0 unspecified atom stereocenters. The lowest BCUT2D eigenvalue weighted by atomic mass is 10.7. The second-order valence-electron chi connectivity index (χ2n) is 1.26. The fraction of sp³-hybridized carbons (Fsp3) is 1.00. The molecular weight excluding hydrogens is 110 g/mol. The maximum atomic E-state index is 8.73. The Kier molecular flexibility index (Phi) is 4.60. The number of aliphatic hydroxyl groups excluding tert-OH is 1. The van der Waals surface area contributed by atoms with Crippen LogP contribution in [0.5, 0.6) is 0 Å². The van der Waals surface area contributed by atoms with E-state index in [1.165, 1.54) is 0 Å². The molecule has 0 spiro atoms. The van der Waals surface area contributed by atoms with E-state index in [1.54, 1.807) is 18.8 Å². The largest absolute Gasteiger partial charge is 0.378 e. The molecule has 7 heavy (non-hydrogen) atoms. The smallest absolute Gasteiger partial charge is 0.113 e. The second-order valence-corrected chi connectivity index (χ2v) is 2.17. The number of nitrogens with one attached hydrogen (secondary N) is 1. The Morgan fingerprint density at radius 1 is 1.86 bits per heavy atom. The molecule has 0 fully saturated rings. The Balaban J connectivity index is 2.83. The van der Waals surface area contributed by atoms with Crippen LogP contribution >= 0.6 is 11.8 Å². The van der Waals surface area contributed by atoms with Crippen LogP contribution in [0.1, 0.15) is 0 Å². The van der Waals surface area contributed by atoms with E-state index in [2.05, 4.69) is 5.32 Å². The Bertz CT molecular complexity index is 42.7. The first-order valence-electron chi connectivity index (χ1n) is 2.15. The van der Waals surface area contributed by atoms with Gasteiger partial charge in [0.15, 0.2) is 0 Å². The summed E-state index contributed by atoms with van der Waals surface area (Å²) in [6, 6.07) is 0. The summed E-state index contributed by atoms with van der Waals surface area (Å²) < 4.78 is 0. The maximum Gasteiger partial charge on any atom is 0.113 e. The van der Waals surface area contributed by atoms with Gasteiger partial charge in [-0.3, -0.25) is 5.32 Å². The van der Waals surface area contributed by atoms with Crippen molar-refractivity contribution in [3.63, 3.8) is 0 Å². The van der Waals surface area contributed by atoms with Gasteiger partial charge < -0.3 is 5.11 Å². The normalized spacial score (nSPS) is 14.1. The van der Waals surface area contributed by atoms with E-state index < -0.39 is 0 Å². The summed E-state index contributed by atoms with van der Waals surface area (Å²) in [5.41, 5.74) is 0. The lowest BCUT2D eigenvalue weighted by Crippen LogP contribution is -2.26. The maximum absolute atomic E-state index is 8.73. The highest BCUT2D eigenvalue weighted by Gasteiger charge is 1.93. The zero-order valence-electron chi connectivity index (χ0n) is 4.64. The highest BCUT2D eigenvalue weighted by Crippen LogP contribution is 1.91. The van der Waals surface area contributed by atoms with Gasteiger partial charge in [0.1, 0.15) is 6.23 Å². The number of hydrogen-bond acceptors (Lipinski definition) is 3. The van der Waals surface area contributed by atoms with Gasteiger partial charge in [-0.25, -0.2) is 0 Å². The molecule has 0 aromatic carbocycles. The summed E-state index contributed by atoms with van der Waals surface area (Å²) in [4.78, 5) is 0. The molecule has 0 heterocycles. The molecule has 2 nitrogen and oxygen atoms in total. The molecule has 0 radical (unpaired) electrons. The van der Waals surface area contributed by atoms with E-state index in [9.17, 15) is 0 Å². The van der Waals surface area contributed by atoms with Crippen LogP contribution in [0.15, 0.2) is 0 Å². The molecule has 0 aromatic heterocycles. The molecule has 3 heteroatoms. The van der Waals surface area contributed by atoms with Crippen molar-refractivity contribution >= 4 is 11.8 Å². The molecule has 44 valence electrons. The monoisotopic (exact) mass is 121 g/mol. The Morgan fingerprint density at radius 3 is 2.57 bits per heavy atom. The molecule has 0 rings (SSSR count). The van der Waals surface area contributed by atoms with Crippen molar-refractivity contribution in [2.75, 3.05) is 19.1 Å². The van der Waals surface area contributed by atoms with E-state index in [4.69, 9.17) is 5.11 Å². The fourth-order valence-electron chi connectivity index (χ4n) is 0.241. The zero-order valence-corrected chi connectivity index (χ0v) is 5.46. The van der Waals surface area contributed by atoms with Gasteiger partial charge in [-0.15, -0.1) is 0 Å². The molecule has 0 saturated heterocycles. The highest BCUT2D eigenvalue weighted by atomic mass is 32.2. The average Bonchev–Trinajstić information content (AvgIpc) is 1.68. The van der Waals surface area contributed by atoms with Crippen LogP contribution in [0.2, 0.25) is 0 Å². The standard InChI is InChI=1S/C4H11NOS/c1-5-4(6)3-7-2/h4-6H,3H2,1-2H3/t4-/m1/s1. The third-order valence-electron chi connectivity index (χ3n) is 0.658. The average molecular weight is 121 g/mol. The lowest BCUT2D eigenvalue weighted by Gasteiger charge is -2.04. The SMILES string of the molecule is CN[C@H](O)CSC. The van der Waals surface area contributed by atoms with Crippen molar-refractivity contribution in [1.29, 1.82) is 0 Å². The molecule has 0 bridgehead atoms. The number of thioether (sulfide) groups is 1. The zero-order chi connectivity index (χ0) is 5.70. The minimum Gasteiger partial charge on any atom is -0.378 e.